The molecule has 2 N–H and O–H groups in total. The SMILES string of the molecule is CC1(C)O[C@H]2[C@H](CN(C(=O)CCNC(=O)OCc3ccccc3)[C@@H]2C(=O)NC[C@H](COc2cccc(Br)c2)CO[Si](C)(C)C(C)(C)C)O1. The van der Waals surface area contributed by atoms with Gasteiger partial charge in [-0.1, -0.05) is 73.1 Å². The molecule has 2 aliphatic rings. The Balaban J connectivity index is 1.38. The fourth-order valence-electron chi connectivity index (χ4n) is 5.32. The largest absolute Gasteiger partial charge is 0.493 e. The Morgan fingerprint density at radius 3 is 2.46 bits per heavy atom. The standard InChI is InChI=1S/C35H50BrN3O8Si/c1-34(2,3)48(6,7)45-23-25(22-43-27-15-11-14-26(36)18-27)19-38-32(41)30-31-28(46-35(4,5)47-31)20-39(30)29(40)16-17-37-33(42)44-21-24-12-9-8-10-13-24/h8-15,18,25,28,30-31H,16-17,19-23H2,1-7H3,(H,37,42)(H,38,41)/t25-,28+,30+,31+/m1/s1. The summed E-state index contributed by atoms with van der Waals surface area (Å²) in [6.45, 7) is 15.9. The van der Waals surface area contributed by atoms with Gasteiger partial charge in [0.25, 0.3) is 0 Å². The third-order valence-corrected chi connectivity index (χ3v) is 14.0. The van der Waals surface area contributed by atoms with E-state index in [1.165, 1.54) is 4.90 Å². The van der Waals surface area contributed by atoms with E-state index >= 15 is 0 Å². The van der Waals surface area contributed by atoms with Gasteiger partial charge in [0.1, 0.15) is 30.6 Å². The summed E-state index contributed by atoms with van der Waals surface area (Å²) in [7, 11) is -2.07. The van der Waals surface area contributed by atoms with Crippen LogP contribution in [0.5, 0.6) is 5.75 Å². The fraction of sp³-hybridized carbons (Fsp3) is 0.571. The first kappa shape index (κ1) is 37.8. The van der Waals surface area contributed by atoms with E-state index in [-0.39, 0.29) is 55.4 Å². The lowest BCUT2D eigenvalue weighted by molar-refractivity contribution is -0.170. The van der Waals surface area contributed by atoms with Crippen LogP contribution in [0.2, 0.25) is 18.1 Å². The van der Waals surface area contributed by atoms with Crippen LogP contribution in [-0.4, -0.2) is 88.0 Å². The summed E-state index contributed by atoms with van der Waals surface area (Å²) < 4.78 is 31.0. The molecular formula is C35H50BrN3O8Si. The second kappa shape index (κ2) is 16.2. The van der Waals surface area contributed by atoms with Crippen LogP contribution in [0.25, 0.3) is 0 Å². The molecule has 2 fully saturated rings. The summed E-state index contributed by atoms with van der Waals surface area (Å²) >= 11 is 3.48. The van der Waals surface area contributed by atoms with Crippen LogP contribution in [0, 0.1) is 5.92 Å². The highest BCUT2D eigenvalue weighted by Gasteiger charge is 2.56. The molecule has 0 aromatic heterocycles. The average molecular weight is 749 g/mol. The summed E-state index contributed by atoms with van der Waals surface area (Å²) in [6, 6.07) is 16.0. The van der Waals surface area contributed by atoms with E-state index in [1.54, 1.807) is 13.8 Å². The van der Waals surface area contributed by atoms with Crippen molar-refractivity contribution < 1.29 is 37.8 Å². The Hall–Kier alpha value is -2.97. The molecule has 0 unspecified atom stereocenters. The molecule has 48 heavy (non-hydrogen) atoms. The smallest absolute Gasteiger partial charge is 0.407 e. The molecule has 13 heteroatoms. The van der Waals surface area contributed by atoms with Gasteiger partial charge < -0.3 is 38.9 Å². The van der Waals surface area contributed by atoms with Gasteiger partial charge >= 0.3 is 6.09 Å². The zero-order chi connectivity index (χ0) is 35.1. The van der Waals surface area contributed by atoms with E-state index in [0.29, 0.717) is 19.0 Å². The van der Waals surface area contributed by atoms with Crippen molar-refractivity contribution in [1.82, 2.24) is 15.5 Å². The normalized spacial score (nSPS) is 20.9. The predicted octanol–water partition coefficient (Wildman–Crippen LogP) is 5.63. The number of hydrogen-bond donors (Lipinski definition) is 2. The molecule has 2 aromatic rings. The predicted molar refractivity (Wildman–Crippen MR) is 188 cm³/mol. The maximum absolute atomic E-state index is 13.9. The fourth-order valence-corrected chi connectivity index (χ4v) is 6.79. The monoisotopic (exact) mass is 747 g/mol. The van der Waals surface area contributed by atoms with Gasteiger partial charge in [0.05, 0.1) is 13.2 Å². The Labute approximate surface area is 293 Å². The third kappa shape index (κ3) is 10.5. The number of rotatable bonds is 14. The van der Waals surface area contributed by atoms with Crippen LogP contribution in [-0.2, 0) is 34.8 Å². The number of ether oxygens (including phenoxy) is 4. The first-order valence-electron chi connectivity index (χ1n) is 16.4. The minimum Gasteiger partial charge on any atom is -0.493 e. The van der Waals surface area contributed by atoms with E-state index in [9.17, 15) is 14.4 Å². The number of benzene rings is 2. The van der Waals surface area contributed by atoms with E-state index in [4.69, 9.17) is 23.4 Å². The number of halogens is 1. The molecule has 0 spiro atoms. The molecule has 2 aromatic carbocycles. The van der Waals surface area contributed by atoms with Gasteiger partial charge in [-0.2, -0.15) is 0 Å². The van der Waals surface area contributed by atoms with Gasteiger partial charge in [0.2, 0.25) is 11.8 Å². The molecule has 2 heterocycles. The maximum Gasteiger partial charge on any atom is 0.407 e. The van der Waals surface area contributed by atoms with Crippen molar-refractivity contribution in [1.29, 1.82) is 0 Å². The third-order valence-electron chi connectivity index (χ3n) is 8.99. The van der Waals surface area contributed by atoms with Crippen LogP contribution in [0.4, 0.5) is 4.79 Å². The van der Waals surface area contributed by atoms with Crippen molar-refractivity contribution in [2.75, 3.05) is 32.8 Å². The Morgan fingerprint density at radius 1 is 1.04 bits per heavy atom. The molecule has 0 bridgehead atoms. The minimum absolute atomic E-state index is 0.0174. The van der Waals surface area contributed by atoms with Crippen LogP contribution in [0.3, 0.4) is 0 Å². The van der Waals surface area contributed by atoms with E-state index in [0.717, 1.165) is 10.0 Å². The molecule has 0 radical (unpaired) electrons. The summed E-state index contributed by atoms with van der Waals surface area (Å²) in [4.78, 5) is 41.1. The minimum atomic E-state index is -2.07. The highest BCUT2D eigenvalue weighted by Crippen LogP contribution is 2.38. The summed E-state index contributed by atoms with van der Waals surface area (Å²) in [5.74, 6) is -0.975. The Morgan fingerprint density at radius 2 is 1.77 bits per heavy atom. The number of carbonyl (C=O) groups is 3. The quantitative estimate of drug-likeness (QED) is 0.239. The van der Waals surface area contributed by atoms with Crippen LogP contribution >= 0.6 is 15.9 Å². The molecule has 4 rings (SSSR count). The lowest BCUT2D eigenvalue weighted by atomic mass is 10.1. The Kier molecular flexibility index (Phi) is 12.7. The second-order valence-electron chi connectivity index (χ2n) is 14.3. The van der Waals surface area contributed by atoms with Crippen molar-refractivity contribution in [2.24, 2.45) is 5.92 Å². The number of nitrogens with one attached hydrogen (secondary N) is 2. The lowest BCUT2D eigenvalue weighted by Crippen LogP contribution is -2.53. The van der Waals surface area contributed by atoms with E-state index < -0.39 is 38.4 Å². The van der Waals surface area contributed by atoms with Gasteiger partial charge in [0.15, 0.2) is 14.1 Å². The van der Waals surface area contributed by atoms with E-state index in [1.807, 2.05) is 54.6 Å². The maximum atomic E-state index is 13.9. The van der Waals surface area contributed by atoms with Crippen molar-refractivity contribution in [3.63, 3.8) is 0 Å². The number of alkyl carbamates (subject to hydrolysis) is 1. The van der Waals surface area contributed by atoms with Crippen molar-refractivity contribution >= 4 is 42.2 Å². The number of hydrogen-bond acceptors (Lipinski definition) is 8. The average Bonchev–Trinajstić information content (AvgIpc) is 3.51. The summed E-state index contributed by atoms with van der Waals surface area (Å²) in [6.07, 6.45) is -1.73. The van der Waals surface area contributed by atoms with Gasteiger partial charge in [-0.15, -0.1) is 0 Å². The molecule has 0 saturated carbocycles. The lowest BCUT2D eigenvalue weighted by Gasteiger charge is -2.37. The van der Waals surface area contributed by atoms with Crippen molar-refractivity contribution in [2.45, 2.75) is 89.8 Å². The first-order chi connectivity index (χ1) is 22.5. The summed E-state index contributed by atoms with van der Waals surface area (Å²) in [5.41, 5.74) is 0.859. The number of carbonyl (C=O) groups excluding carboxylic acids is 3. The Bertz CT molecular complexity index is 1400. The van der Waals surface area contributed by atoms with Crippen LogP contribution in [0.1, 0.15) is 46.6 Å². The molecular weight excluding hydrogens is 698 g/mol. The topological polar surface area (TPSA) is 125 Å². The highest BCUT2D eigenvalue weighted by molar-refractivity contribution is 9.10. The molecule has 264 valence electrons. The van der Waals surface area contributed by atoms with E-state index in [2.05, 4.69) is 60.4 Å². The van der Waals surface area contributed by atoms with Gasteiger partial charge in [-0.3, -0.25) is 9.59 Å². The van der Waals surface area contributed by atoms with Crippen LogP contribution < -0.4 is 15.4 Å². The number of fused-ring (bicyclic) bond motifs is 1. The second-order valence-corrected chi connectivity index (χ2v) is 20.0. The molecule has 2 aliphatic heterocycles. The van der Waals surface area contributed by atoms with Crippen molar-refractivity contribution in [3.05, 3.63) is 64.6 Å². The first-order valence-corrected chi connectivity index (χ1v) is 20.1. The molecule has 2 saturated heterocycles. The van der Waals surface area contributed by atoms with Gasteiger partial charge in [-0.05, 0) is 55.7 Å². The highest BCUT2D eigenvalue weighted by atomic mass is 79.9. The molecule has 4 atom stereocenters. The molecule has 11 nitrogen and oxygen atoms in total. The van der Waals surface area contributed by atoms with Gasteiger partial charge in [0, 0.05) is 36.5 Å². The van der Waals surface area contributed by atoms with Gasteiger partial charge in [-0.25, -0.2) is 4.79 Å². The zero-order valence-corrected chi connectivity index (χ0v) is 31.6. The zero-order valence-electron chi connectivity index (χ0n) is 29.0. The van der Waals surface area contributed by atoms with Crippen LogP contribution in [0.15, 0.2) is 59.1 Å². The summed E-state index contributed by atoms with van der Waals surface area (Å²) in [5, 5.41) is 5.71. The number of amides is 3. The number of likely N-dealkylation sites (tertiary alicyclic amines) is 1. The molecule has 0 aliphatic carbocycles. The molecule has 3 amide bonds. The number of nitrogens with zero attached hydrogens (tertiary/aromatic N) is 1. The van der Waals surface area contributed by atoms with Crippen molar-refractivity contribution in [3.8, 4) is 5.75 Å².